The van der Waals surface area contributed by atoms with Gasteiger partial charge in [-0.05, 0) is 30.7 Å². The zero-order valence-electron chi connectivity index (χ0n) is 13.3. The zero-order valence-corrected chi connectivity index (χ0v) is 13.3. The van der Waals surface area contributed by atoms with Crippen LogP contribution in [0.1, 0.15) is 30.1 Å². The summed E-state index contributed by atoms with van der Waals surface area (Å²) < 4.78 is 0. The van der Waals surface area contributed by atoms with Crippen molar-refractivity contribution in [3.8, 4) is 0 Å². The first-order chi connectivity index (χ1) is 11.1. The number of fused-ring (bicyclic) bond motifs is 1. The first-order valence-corrected chi connectivity index (χ1v) is 7.50. The summed E-state index contributed by atoms with van der Waals surface area (Å²) >= 11 is 0. The van der Waals surface area contributed by atoms with Crippen LogP contribution in [0, 0.1) is 0 Å². The first-order valence-electron chi connectivity index (χ1n) is 7.50. The monoisotopic (exact) mass is 312 g/mol. The number of rotatable bonds is 6. The molecule has 5 heteroatoms. The second-order valence-corrected chi connectivity index (χ2v) is 5.24. The Morgan fingerprint density at radius 3 is 2.74 bits per heavy atom. The van der Waals surface area contributed by atoms with Crippen molar-refractivity contribution >= 4 is 29.9 Å². The van der Waals surface area contributed by atoms with E-state index in [0.717, 1.165) is 10.4 Å². The van der Waals surface area contributed by atoms with Crippen molar-refractivity contribution in [2.45, 2.75) is 25.8 Å². The van der Waals surface area contributed by atoms with Gasteiger partial charge in [-0.2, -0.15) is 0 Å². The predicted octanol–water partition coefficient (Wildman–Crippen LogP) is 0.331. The van der Waals surface area contributed by atoms with Gasteiger partial charge >= 0.3 is 0 Å². The van der Waals surface area contributed by atoms with Crippen LogP contribution in [-0.2, 0) is 9.59 Å². The highest BCUT2D eigenvalue weighted by molar-refractivity contribution is 6.05. The van der Waals surface area contributed by atoms with Gasteiger partial charge in [0.1, 0.15) is 6.29 Å². The number of nitrogens with one attached hydrogen (secondary N) is 1. The van der Waals surface area contributed by atoms with Gasteiger partial charge in [-0.3, -0.25) is 14.5 Å². The summed E-state index contributed by atoms with van der Waals surface area (Å²) in [7, 11) is 1.54. The molecule has 1 N–H and O–H groups in total. The van der Waals surface area contributed by atoms with Gasteiger partial charge in [0.15, 0.2) is 0 Å². The number of carbonyl (C=O) groups is 3. The molecule has 0 radical (unpaired) electrons. The first kappa shape index (κ1) is 16.7. The summed E-state index contributed by atoms with van der Waals surface area (Å²) in [5.41, 5.74) is 1.18. The van der Waals surface area contributed by atoms with Crippen LogP contribution in [-0.4, -0.2) is 36.1 Å². The van der Waals surface area contributed by atoms with Gasteiger partial charge in [0.25, 0.3) is 5.91 Å². The number of aldehydes is 1. The zero-order chi connectivity index (χ0) is 17.0. The van der Waals surface area contributed by atoms with E-state index >= 15 is 0 Å². The van der Waals surface area contributed by atoms with E-state index in [-0.39, 0.29) is 24.7 Å². The summed E-state index contributed by atoms with van der Waals surface area (Å²) in [5.74, 6) is -0.392. The molecule has 120 valence electrons. The van der Waals surface area contributed by atoms with E-state index in [1.54, 1.807) is 19.2 Å². The Kier molecular flexibility index (Phi) is 5.11. The van der Waals surface area contributed by atoms with E-state index in [9.17, 15) is 14.4 Å². The van der Waals surface area contributed by atoms with Crippen LogP contribution in [0.2, 0.25) is 0 Å². The molecule has 1 aliphatic rings. The van der Waals surface area contributed by atoms with Crippen LogP contribution in [0.4, 0.5) is 0 Å². The highest BCUT2D eigenvalue weighted by atomic mass is 16.2. The third kappa shape index (κ3) is 2.95. The number of benzene rings is 1. The van der Waals surface area contributed by atoms with Gasteiger partial charge in [0.2, 0.25) is 5.91 Å². The van der Waals surface area contributed by atoms with E-state index in [2.05, 4.69) is 11.9 Å². The van der Waals surface area contributed by atoms with E-state index in [0.29, 0.717) is 17.5 Å². The number of carbonyl (C=O) groups excluding carboxylic acids is 3. The minimum atomic E-state index is -0.690. The van der Waals surface area contributed by atoms with Gasteiger partial charge in [0, 0.05) is 24.3 Å². The second-order valence-electron chi connectivity index (χ2n) is 5.24. The lowest BCUT2D eigenvalue weighted by Crippen LogP contribution is -2.38. The fourth-order valence-electron chi connectivity index (χ4n) is 2.83. The van der Waals surface area contributed by atoms with Crippen molar-refractivity contribution in [1.29, 1.82) is 0 Å². The molecule has 0 spiro atoms. The van der Waals surface area contributed by atoms with Crippen molar-refractivity contribution in [2.24, 2.45) is 0 Å². The molecule has 1 aliphatic heterocycles. The maximum Gasteiger partial charge on any atom is 0.259 e. The molecule has 2 rings (SSSR count). The molecule has 23 heavy (non-hydrogen) atoms. The van der Waals surface area contributed by atoms with Crippen LogP contribution < -0.4 is 15.8 Å². The molecule has 0 saturated heterocycles. The van der Waals surface area contributed by atoms with Crippen LogP contribution >= 0.6 is 0 Å². The van der Waals surface area contributed by atoms with Gasteiger partial charge in [-0.1, -0.05) is 24.8 Å². The van der Waals surface area contributed by atoms with Crippen LogP contribution in [0.5, 0.6) is 0 Å². The molecule has 0 saturated carbocycles. The molecule has 1 atom stereocenters. The Labute approximate surface area is 135 Å². The Morgan fingerprint density at radius 2 is 2.17 bits per heavy atom. The van der Waals surface area contributed by atoms with E-state index in [1.165, 1.54) is 4.90 Å². The van der Waals surface area contributed by atoms with Crippen molar-refractivity contribution < 1.29 is 14.4 Å². The molecule has 0 aliphatic carbocycles. The maximum absolute atomic E-state index is 12.7. The Bertz CT molecular complexity index is 780. The fraction of sp³-hybridized carbons (Fsp3) is 0.278. The highest BCUT2D eigenvalue weighted by Crippen LogP contribution is 2.21. The molecular formula is C18H20N2O3. The molecule has 0 bridgehead atoms. The van der Waals surface area contributed by atoms with Crippen molar-refractivity contribution in [2.75, 3.05) is 7.05 Å². The topological polar surface area (TPSA) is 66.5 Å². The largest absolute Gasteiger partial charge is 0.359 e. The second kappa shape index (κ2) is 7.05. The molecule has 0 aromatic heterocycles. The normalized spacial score (nSPS) is 15.4. The maximum atomic E-state index is 12.7. The lowest BCUT2D eigenvalue weighted by atomic mass is 10.1. The van der Waals surface area contributed by atoms with Crippen LogP contribution in [0.3, 0.4) is 0 Å². The number of hydrogen-bond donors (Lipinski definition) is 1. The molecule has 1 heterocycles. The number of nitrogens with zero attached hydrogens (tertiary/aromatic N) is 1. The molecule has 1 aromatic rings. The number of hydrogen-bond acceptors (Lipinski definition) is 3. The van der Waals surface area contributed by atoms with Gasteiger partial charge in [0.05, 0.1) is 11.7 Å². The summed E-state index contributed by atoms with van der Waals surface area (Å²) in [5, 5.41) is 4.23. The SMILES string of the molecule is C=CC1=c2c(ccc/c2=C/C)C(=O)N1C(C=O)CCC(=O)NC. The quantitative estimate of drug-likeness (QED) is 0.770. The van der Waals surface area contributed by atoms with E-state index in [1.807, 2.05) is 25.1 Å². The average Bonchev–Trinajstić information content (AvgIpc) is 2.87. The van der Waals surface area contributed by atoms with Gasteiger partial charge < -0.3 is 10.1 Å². The minimum absolute atomic E-state index is 0.163. The Hall–Kier alpha value is -2.69. The summed E-state index contributed by atoms with van der Waals surface area (Å²) in [4.78, 5) is 37.1. The molecule has 5 nitrogen and oxygen atoms in total. The predicted molar refractivity (Wildman–Crippen MR) is 88.8 cm³/mol. The van der Waals surface area contributed by atoms with Crippen molar-refractivity contribution in [3.05, 3.63) is 46.9 Å². The minimum Gasteiger partial charge on any atom is -0.359 e. The Morgan fingerprint density at radius 1 is 1.43 bits per heavy atom. The van der Waals surface area contributed by atoms with E-state index < -0.39 is 6.04 Å². The standard InChI is InChI=1S/C18H20N2O3/c1-4-12-7-6-8-14-17(12)15(5-2)20(18(14)23)13(11-21)9-10-16(22)19-3/h4-8,11,13H,2,9-10H2,1,3H3,(H,19,22)/b12-4-. The van der Waals surface area contributed by atoms with E-state index in [4.69, 9.17) is 0 Å². The average molecular weight is 312 g/mol. The summed E-state index contributed by atoms with van der Waals surface area (Å²) in [6, 6.07) is 4.79. The molecule has 0 fully saturated rings. The molecule has 1 aromatic carbocycles. The Balaban J connectivity index is 2.50. The number of amides is 2. The molecule has 2 amide bonds. The molecular weight excluding hydrogens is 292 g/mol. The summed E-state index contributed by atoms with van der Waals surface area (Å²) in [6.45, 7) is 5.68. The lowest BCUT2D eigenvalue weighted by molar-refractivity contribution is -0.121. The summed E-state index contributed by atoms with van der Waals surface area (Å²) in [6.07, 6.45) is 4.67. The fourth-order valence-corrected chi connectivity index (χ4v) is 2.83. The third-order valence-electron chi connectivity index (χ3n) is 4.00. The van der Waals surface area contributed by atoms with Crippen LogP contribution in [0.25, 0.3) is 11.8 Å². The van der Waals surface area contributed by atoms with Crippen molar-refractivity contribution in [3.63, 3.8) is 0 Å². The van der Waals surface area contributed by atoms with Gasteiger partial charge in [-0.15, -0.1) is 0 Å². The third-order valence-corrected chi connectivity index (χ3v) is 4.00. The smallest absolute Gasteiger partial charge is 0.259 e. The lowest BCUT2D eigenvalue weighted by Gasteiger charge is -2.25. The van der Waals surface area contributed by atoms with Gasteiger partial charge in [-0.25, -0.2) is 0 Å². The highest BCUT2D eigenvalue weighted by Gasteiger charge is 2.33. The van der Waals surface area contributed by atoms with Crippen LogP contribution in [0.15, 0.2) is 30.9 Å². The van der Waals surface area contributed by atoms with Crippen molar-refractivity contribution in [1.82, 2.24) is 10.2 Å². The molecule has 1 unspecified atom stereocenters.